The van der Waals surface area contributed by atoms with Gasteiger partial charge in [-0.25, -0.2) is 0 Å². The Morgan fingerprint density at radius 2 is 1.10 bits per heavy atom. The van der Waals surface area contributed by atoms with Crippen LogP contribution in [0.1, 0.15) is 58.4 Å². The molecule has 9 heteroatoms. The van der Waals surface area contributed by atoms with Crippen LogP contribution in [0, 0.1) is 10.6 Å². The SMILES string of the molecule is Cc1nn(C)c2ccc(CO[Si](C)(C)C(C)(C)C)cc12.Cn1nc(I)c2cc(CO[Si](C)(C)C(C)(C)C)ccc21. The smallest absolute Gasteiger partial charge is 0.192 e. The number of halogens is 1. The Morgan fingerprint density at radius 3 is 1.55 bits per heavy atom. The van der Waals surface area contributed by atoms with Crippen molar-refractivity contribution in [1.29, 1.82) is 0 Å². The van der Waals surface area contributed by atoms with Crippen LogP contribution in [0.5, 0.6) is 0 Å². The molecule has 2 aromatic carbocycles. The van der Waals surface area contributed by atoms with E-state index >= 15 is 0 Å². The molecule has 2 heterocycles. The average molecular weight is 693 g/mol. The third-order valence-corrected chi connectivity index (χ3v) is 18.5. The Balaban J connectivity index is 0.000000220. The van der Waals surface area contributed by atoms with Gasteiger partial charge in [-0.1, -0.05) is 53.7 Å². The van der Waals surface area contributed by atoms with Crippen LogP contribution in [-0.2, 0) is 36.2 Å². The van der Waals surface area contributed by atoms with Gasteiger partial charge in [-0.3, -0.25) is 9.36 Å². The van der Waals surface area contributed by atoms with E-state index in [1.807, 2.05) is 23.5 Å². The van der Waals surface area contributed by atoms with E-state index in [0.717, 1.165) is 9.39 Å². The Morgan fingerprint density at radius 1 is 0.700 bits per heavy atom. The lowest BCUT2D eigenvalue weighted by Gasteiger charge is -2.36. The van der Waals surface area contributed by atoms with Crippen molar-refractivity contribution in [1.82, 2.24) is 19.6 Å². The molecule has 0 aliphatic rings. The van der Waals surface area contributed by atoms with E-state index in [4.69, 9.17) is 8.85 Å². The number of hydrogen-bond donors (Lipinski definition) is 0. The maximum atomic E-state index is 6.29. The van der Waals surface area contributed by atoms with E-state index in [0.29, 0.717) is 13.2 Å². The van der Waals surface area contributed by atoms with Gasteiger partial charge in [-0.15, -0.1) is 0 Å². The molecule has 220 valence electrons. The highest BCUT2D eigenvalue weighted by Crippen LogP contribution is 2.38. The fraction of sp³-hybridized carbons (Fsp3) is 0.548. The molecule has 4 aromatic rings. The van der Waals surface area contributed by atoms with Gasteiger partial charge in [-0.2, -0.15) is 10.2 Å². The molecule has 2 aromatic heterocycles. The fourth-order valence-corrected chi connectivity index (χ4v) is 6.57. The monoisotopic (exact) mass is 692 g/mol. The van der Waals surface area contributed by atoms with Gasteiger partial charge >= 0.3 is 0 Å². The van der Waals surface area contributed by atoms with E-state index in [2.05, 4.69) is 144 Å². The van der Waals surface area contributed by atoms with Crippen LogP contribution in [0.25, 0.3) is 21.8 Å². The minimum Gasteiger partial charge on any atom is -0.413 e. The number of benzene rings is 2. The molecule has 0 bridgehead atoms. The number of nitrogens with zero attached hydrogens (tertiary/aromatic N) is 4. The molecule has 6 nitrogen and oxygen atoms in total. The van der Waals surface area contributed by atoms with Gasteiger partial charge < -0.3 is 8.85 Å². The van der Waals surface area contributed by atoms with Gasteiger partial charge in [0, 0.05) is 24.9 Å². The maximum Gasteiger partial charge on any atom is 0.192 e. The zero-order chi connectivity index (χ0) is 30.3. The van der Waals surface area contributed by atoms with Crippen molar-refractivity contribution >= 4 is 61.0 Å². The molecule has 0 atom stereocenters. The topological polar surface area (TPSA) is 54.1 Å². The molecule has 0 radical (unpaired) electrons. The number of fused-ring (bicyclic) bond motifs is 2. The fourth-order valence-electron chi connectivity index (χ4n) is 3.90. The van der Waals surface area contributed by atoms with Crippen molar-refractivity contribution in [2.24, 2.45) is 14.1 Å². The first-order valence-corrected chi connectivity index (χ1v) is 20.9. The van der Waals surface area contributed by atoms with Crippen molar-refractivity contribution < 1.29 is 8.85 Å². The lowest BCUT2D eigenvalue weighted by molar-refractivity contribution is 0.276. The number of aryl methyl sites for hydroxylation is 3. The molecule has 0 unspecified atom stereocenters. The van der Waals surface area contributed by atoms with Gasteiger partial charge in [0.15, 0.2) is 16.6 Å². The minimum absolute atomic E-state index is 0.250. The molecule has 0 saturated carbocycles. The van der Waals surface area contributed by atoms with Crippen LogP contribution in [-0.4, -0.2) is 36.2 Å². The van der Waals surface area contributed by atoms with Crippen LogP contribution in [0.4, 0.5) is 0 Å². The summed E-state index contributed by atoms with van der Waals surface area (Å²) in [5.74, 6) is 0. The third kappa shape index (κ3) is 7.45. The van der Waals surface area contributed by atoms with Gasteiger partial charge in [0.1, 0.15) is 3.70 Å². The van der Waals surface area contributed by atoms with Crippen LogP contribution in [0.15, 0.2) is 36.4 Å². The molecule has 40 heavy (non-hydrogen) atoms. The molecule has 0 aliphatic carbocycles. The minimum atomic E-state index is -1.69. The third-order valence-electron chi connectivity index (χ3n) is 8.78. The number of rotatable bonds is 6. The first kappa shape index (κ1) is 33.0. The lowest BCUT2D eigenvalue weighted by Crippen LogP contribution is -2.40. The summed E-state index contributed by atoms with van der Waals surface area (Å²) in [5.41, 5.74) is 5.90. The van der Waals surface area contributed by atoms with Crippen LogP contribution >= 0.6 is 22.6 Å². The molecule has 4 rings (SSSR count). The first-order valence-electron chi connectivity index (χ1n) is 14.0. The second-order valence-corrected chi connectivity index (χ2v) is 24.6. The highest BCUT2D eigenvalue weighted by atomic mass is 127. The molecule has 0 aliphatic heterocycles. The quantitative estimate of drug-likeness (QED) is 0.150. The molecule has 0 amide bonds. The molecular formula is C31H49IN4O2Si2. The largest absolute Gasteiger partial charge is 0.413 e. The Hall–Kier alpha value is -1.54. The Labute approximate surface area is 257 Å². The molecule has 0 saturated heterocycles. The summed E-state index contributed by atoms with van der Waals surface area (Å²) in [6, 6.07) is 13.0. The Kier molecular flexibility index (Phi) is 9.88. The predicted octanol–water partition coefficient (Wildman–Crippen LogP) is 9.10. The zero-order valence-electron chi connectivity index (χ0n) is 26.9. The molecule has 0 fully saturated rings. The summed E-state index contributed by atoms with van der Waals surface area (Å²) in [5, 5.41) is 11.9. The summed E-state index contributed by atoms with van der Waals surface area (Å²) >= 11 is 2.29. The zero-order valence-corrected chi connectivity index (χ0v) is 31.0. The summed E-state index contributed by atoms with van der Waals surface area (Å²) in [7, 11) is 0.599. The van der Waals surface area contributed by atoms with E-state index in [1.165, 1.54) is 32.9 Å². The van der Waals surface area contributed by atoms with Crippen molar-refractivity contribution in [3.63, 3.8) is 0 Å². The average Bonchev–Trinajstić information content (AvgIpc) is 3.29. The summed E-state index contributed by atoms with van der Waals surface area (Å²) in [6.45, 7) is 26.2. The van der Waals surface area contributed by atoms with E-state index in [9.17, 15) is 0 Å². The summed E-state index contributed by atoms with van der Waals surface area (Å²) in [4.78, 5) is 0. The van der Waals surface area contributed by atoms with E-state index in [1.54, 1.807) is 0 Å². The molecule has 0 spiro atoms. The number of aromatic nitrogens is 4. The first-order chi connectivity index (χ1) is 18.2. The van der Waals surface area contributed by atoms with E-state index < -0.39 is 16.6 Å². The number of hydrogen-bond acceptors (Lipinski definition) is 4. The van der Waals surface area contributed by atoms with Crippen molar-refractivity contribution in [2.75, 3.05) is 0 Å². The van der Waals surface area contributed by atoms with Crippen LogP contribution in [0.2, 0.25) is 36.3 Å². The predicted molar refractivity (Wildman–Crippen MR) is 183 cm³/mol. The standard InChI is InChI=1S/C16H26N2OSi.C15H23IN2OSi/c1-12-14-10-13(8-9-15(14)18(5)17-12)11-19-20(6,7)16(2,3)4;1-15(2,3)20(5,6)19-10-11-7-8-13-12(9-11)14(16)17-18(13)4/h8-10H,11H2,1-7H3;7-9H,10H2,1-6H3. The maximum absolute atomic E-state index is 6.29. The van der Waals surface area contributed by atoms with Gasteiger partial charge in [0.25, 0.3) is 0 Å². The molecular weight excluding hydrogens is 643 g/mol. The van der Waals surface area contributed by atoms with Crippen molar-refractivity contribution in [3.05, 3.63) is 56.9 Å². The normalized spacial score (nSPS) is 13.2. The van der Waals surface area contributed by atoms with Crippen molar-refractivity contribution in [3.8, 4) is 0 Å². The second-order valence-electron chi connectivity index (χ2n) is 13.9. The summed E-state index contributed by atoms with van der Waals surface area (Å²) in [6.07, 6.45) is 0. The highest BCUT2D eigenvalue weighted by molar-refractivity contribution is 14.1. The molecule has 0 N–H and O–H groups in total. The van der Waals surface area contributed by atoms with Gasteiger partial charge in [0.05, 0.1) is 29.9 Å². The van der Waals surface area contributed by atoms with Gasteiger partial charge in [-0.05, 0) is 101 Å². The summed E-state index contributed by atoms with van der Waals surface area (Å²) < 4.78 is 17.5. The lowest BCUT2D eigenvalue weighted by atomic mass is 10.1. The van der Waals surface area contributed by atoms with Crippen molar-refractivity contribution in [2.45, 2.75) is 97.9 Å². The van der Waals surface area contributed by atoms with Gasteiger partial charge in [0.2, 0.25) is 0 Å². The van der Waals surface area contributed by atoms with Crippen LogP contribution in [0.3, 0.4) is 0 Å². The Bertz CT molecular complexity index is 1360. The highest BCUT2D eigenvalue weighted by Gasteiger charge is 2.37. The van der Waals surface area contributed by atoms with E-state index in [-0.39, 0.29) is 10.1 Å². The van der Waals surface area contributed by atoms with Crippen LogP contribution < -0.4 is 0 Å². The second kappa shape index (κ2) is 12.0.